The van der Waals surface area contributed by atoms with Crippen LogP contribution < -0.4 is 10.1 Å². The molecule has 18 heavy (non-hydrogen) atoms. The van der Waals surface area contributed by atoms with Gasteiger partial charge in [0.2, 0.25) is 5.88 Å². The van der Waals surface area contributed by atoms with Gasteiger partial charge in [-0.25, -0.2) is 4.98 Å². The van der Waals surface area contributed by atoms with Crippen LogP contribution in [0.15, 0.2) is 35.8 Å². The van der Waals surface area contributed by atoms with E-state index in [2.05, 4.69) is 35.6 Å². The van der Waals surface area contributed by atoms with Gasteiger partial charge in [-0.3, -0.25) is 0 Å². The lowest BCUT2D eigenvalue weighted by Crippen LogP contribution is -2.17. The van der Waals surface area contributed by atoms with Crippen LogP contribution in [0.5, 0.6) is 5.88 Å². The van der Waals surface area contributed by atoms with Gasteiger partial charge in [-0.1, -0.05) is 13.0 Å². The van der Waals surface area contributed by atoms with E-state index in [9.17, 15) is 0 Å². The van der Waals surface area contributed by atoms with Crippen molar-refractivity contribution in [2.24, 2.45) is 0 Å². The summed E-state index contributed by atoms with van der Waals surface area (Å²) in [6, 6.07) is 8.43. The van der Waals surface area contributed by atoms with Gasteiger partial charge in [-0.05, 0) is 36.5 Å². The van der Waals surface area contributed by atoms with E-state index in [-0.39, 0.29) is 0 Å². The van der Waals surface area contributed by atoms with Crippen LogP contribution in [0, 0.1) is 0 Å². The summed E-state index contributed by atoms with van der Waals surface area (Å²) in [7, 11) is 0. The molecular formula is C14H18N2OS. The van der Waals surface area contributed by atoms with Gasteiger partial charge in [0.25, 0.3) is 0 Å². The number of aromatic nitrogens is 1. The first-order valence-corrected chi connectivity index (χ1v) is 7.02. The van der Waals surface area contributed by atoms with Crippen molar-refractivity contribution in [1.82, 2.24) is 10.3 Å². The molecule has 2 heterocycles. The van der Waals surface area contributed by atoms with Crippen molar-refractivity contribution in [1.29, 1.82) is 0 Å². The third-order valence-corrected chi connectivity index (χ3v) is 3.56. The molecule has 0 fully saturated rings. The summed E-state index contributed by atoms with van der Waals surface area (Å²) in [5, 5.41) is 5.43. The van der Waals surface area contributed by atoms with Crippen LogP contribution in [-0.2, 0) is 6.61 Å². The Morgan fingerprint density at radius 2 is 2.33 bits per heavy atom. The van der Waals surface area contributed by atoms with Crippen LogP contribution in [0.2, 0.25) is 0 Å². The van der Waals surface area contributed by atoms with Crippen LogP contribution in [0.3, 0.4) is 0 Å². The summed E-state index contributed by atoms with van der Waals surface area (Å²) in [6.07, 6.45) is 1.80. The molecule has 0 aliphatic rings. The summed E-state index contributed by atoms with van der Waals surface area (Å²) in [5.74, 6) is 0.686. The number of nitrogens with zero attached hydrogens (tertiary/aromatic N) is 1. The van der Waals surface area contributed by atoms with E-state index in [1.807, 2.05) is 18.2 Å². The van der Waals surface area contributed by atoms with Gasteiger partial charge in [0.05, 0.1) is 0 Å². The Kier molecular flexibility index (Phi) is 4.73. The Morgan fingerprint density at radius 3 is 3.06 bits per heavy atom. The summed E-state index contributed by atoms with van der Waals surface area (Å²) < 4.78 is 5.69. The quantitative estimate of drug-likeness (QED) is 0.866. The number of hydrogen-bond donors (Lipinski definition) is 1. The highest BCUT2D eigenvalue weighted by Gasteiger charge is 2.05. The number of hydrogen-bond acceptors (Lipinski definition) is 4. The highest BCUT2D eigenvalue weighted by Crippen LogP contribution is 2.18. The van der Waals surface area contributed by atoms with E-state index in [1.165, 1.54) is 10.4 Å². The zero-order chi connectivity index (χ0) is 12.8. The lowest BCUT2D eigenvalue weighted by molar-refractivity contribution is 0.296. The maximum Gasteiger partial charge on any atom is 0.213 e. The van der Waals surface area contributed by atoms with Crippen molar-refractivity contribution >= 4 is 11.3 Å². The van der Waals surface area contributed by atoms with Gasteiger partial charge in [-0.15, -0.1) is 11.3 Å². The molecule has 1 unspecified atom stereocenters. The molecule has 1 N–H and O–H groups in total. The van der Waals surface area contributed by atoms with Crippen molar-refractivity contribution in [3.8, 4) is 5.88 Å². The molecule has 0 saturated carbocycles. The second-order valence-electron chi connectivity index (χ2n) is 4.07. The Balaban J connectivity index is 1.98. The lowest BCUT2D eigenvalue weighted by Gasteiger charge is -2.13. The predicted octanol–water partition coefficient (Wildman–Crippen LogP) is 3.39. The zero-order valence-electron chi connectivity index (χ0n) is 10.7. The number of pyridine rings is 1. The Labute approximate surface area is 112 Å². The number of rotatable bonds is 6. The van der Waals surface area contributed by atoms with Crippen LogP contribution in [0.4, 0.5) is 0 Å². The molecule has 0 spiro atoms. The summed E-state index contributed by atoms with van der Waals surface area (Å²) >= 11 is 1.70. The van der Waals surface area contributed by atoms with Gasteiger partial charge in [-0.2, -0.15) is 0 Å². The minimum absolute atomic E-state index is 0.321. The fraction of sp³-hybridized carbons (Fsp3) is 0.357. The zero-order valence-corrected chi connectivity index (χ0v) is 11.5. The van der Waals surface area contributed by atoms with Gasteiger partial charge in [0, 0.05) is 23.2 Å². The largest absolute Gasteiger partial charge is 0.472 e. The first kappa shape index (κ1) is 13.1. The fourth-order valence-corrected chi connectivity index (χ4v) is 2.35. The molecule has 0 radical (unpaired) electrons. The Morgan fingerprint density at radius 1 is 1.44 bits per heavy atom. The number of thiophene rings is 1. The molecule has 1 atom stereocenters. The average molecular weight is 262 g/mol. The normalized spacial score (nSPS) is 12.3. The molecule has 2 rings (SSSR count). The van der Waals surface area contributed by atoms with Crippen LogP contribution >= 0.6 is 11.3 Å². The van der Waals surface area contributed by atoms with Gasteiger partial charge in [0.15, 0.2) is 0 Å². The monoisotopic (exact) mass is 262 g/mol. The average Bonchev–Trinajstić information content (AvgIpc) is 2.90. The second-order valence-corrected chi connectivity index (χ2v) is 5.11. The highest BCUT2D eigenvalue weighted by atomic mass is 32.1. The first-order chi connectivity index (χ1) is 8.79. The molecular weight excluding hydrogens is 244 g/mol. The molecule has 4 heteroatoms. The second kappa shape index (κ2) is 6.52. The third kappa shape index (κ3) is 3.55. The van der Waals surface area contributed by atoms with E-state index >= 15 is 0 Å². The maximum absolute atomic E-state index is 5.69. The summed E-state index contributed by atoms with van der Waals surface area (Å²) in [4.78, 5) is 5.45. The molecule has 0 saturated heterocycles. The molecule has 2 aromatic heterocycles. The first-order valence-electron chi connectivity index (χ1n) is 6.14. The van der Waals surface area contributed by atoms with Crippen molar-refractivity contribution in [3.05, 3.63) is 46.3 Å². The van der Waals surface area contributed by atoms with Crippen LogP contribution in [0.1, 0.15) is 30.3 Å². The molecule has 96 valence electrons. The minimum atomic E-state index is 0.321. The lowest BCUT2D eigenvalue weighted by atomic mass is 10.1. The third-order valence-electron chi connectivity index (χ3n) is 2.71. The van der Waals surface area contributed by atoms with Gasteiger partial charge < -0.3 is 10.1 Å². The minimum Gasteiger partial charge on any atom is -0.472 e. The van der Waals surface area contributed by atoms with E-state index < -0.39 is 0 Å². The van der Waals surface area contributed by atoms with Gasteiger partial charge >= 0.3 is 0 Å². The predicted molar refractivity (Wildman–Crippen MR) is 75.0 cm³/mol. The topological polar surface area (TPSA) is 34.2 Å². The van der Waals surface area contributed by atoms with E-state index in [4.69, 9.17) is 4.74 Å². The molecule has 0 aromatic carbocycles. The Bertz CT molecular complexity index is 470. The van der Waals surface area contributed by atoms with Gasteiger partial charge in [0.1, 0.15) is 6.61 Å². The van der Waals surface area contributed by atoms with Crippen LogP contribution in [0.25, 0.3) is 0 Å². The SMILES string of the molecule is CCNC(C)c1ccnc(OCc2cccs2)c1. The fourth-order valence-electron chi connectivity index (χ4n) is 1.74. The number of ether oxygens (including phenoxy) is 1. The number of nitrogens with one attached hydrogen (secondary N) is 1. The van der Waals surface area contributed by atoms with Crippen LogP contribution in [-0.4, -0.2) is 11.5 Å². The summed E-state index contributed by atoms with van der Waals surface area (Å²) in [5.41, 5.74) is 1.20. The van der Waals surface area contributed by atoms with E-state index in [1.54, 1.807) is 17.5 Å². The Hall–Kier alpha value is -1.39. The molecule has 0 aliphatic carbocycles. The van der Waals surface area contributed by atoms with Crippen molar-refractivity contribution in [2.75, 3.05) is 6.54 Å². The maximum atomic E-state index is 5.69. The smallest absolute Gasteiger partial charge is 0.213 e. The standard InChI is InChI=1S/C14H18N2OS/c1-3-15-11(2)12-6-7-16-14(9-12)17-10-13-5-4-8-18-13/h4-9,11,15H,3,10H2,1-2H3. The van der Waals surface area contributed by atoms with Crippen molar-refractivity contribution in [3.63, 3.8) is 0 Å². The van der Waals surface area contributed by atoms with E-state index in [0.717, 1.165) is 6.54 Å². The van der Waals surface area contributed by atoms with Crippen molar-refractivity contribution < 1.29 is 4.74 Å². The van der Waals surface area contributed by atoms with Crippen molar-refractivity contribution in [2.45, 2.75) is 26.5 Å². The summed E-state index contributed by atoms with van der Waals surface area (Å²) in [6.45, 7) is 5.78. The molecule has 0 bridgehead atoms. The van der Waals surface area contributed by atoms with E-state index in [0.29, 0.717) is 18.5 Å². The molecule has 0 aliphatic heterocycles. The molecule has 2 aromatic rings. The molecule has 0 amide bonds. The molecule has 3 nitrogen and oxygen atoms in total. The highest BCUT2D eigenvalue weighted by molar-refractivity contribution is 7.09.